The third kappa shape index (κ3) is 3.11. The first-order valence-corrected chi connectivity index (χ1v) is 7.20. The molecule has 0 aliphatic rings. The molecule has 0 aromatic heterocycles. The zero-order chi connectivity index (χ0) is 16.3. The van der Waals surface area contributed by atoms with Crippen LogP contribution in [0.3, 0.4) is 0 Å². The van der Waals surface area contributed by atoms with Crippen molar-refractivity contribution in [3.8, 4) is 0 Å². The highest BCUT2D eigenvalue weighted by Gasteiger charge is 2.58. The van der Waals surface area contributed by atoms with Crippen LogP contribution in [0.4, 0.5) is 0 Å². The van der Waals surface area contributed by atoms with Crippen LogP contribution in [0.25, 0.3) is 0 Å². The van der Waals surface area contributed by atoms with E-state index in [2.05, 4.69) is 6.58 Å². The molecule has 21 heavy (non-hydrogen) atoms. The first-order chi connectivity index (χ1) is 9.66. The smallest absolute Gasteiger partial charge is 0.329 e. The van der Waals surface area contributed by atoms with Gasteiger partial charge in [0.1, 0.15) is 5.92 Å². The lowest BCUT2D eigenvalue weighted by Gasteiger charge is -2.30. The molecule has 0 aliphatic heterocycles. The molecule has 2 atom stereocenters. The lowest BCUT2D eigenvalue weighted by atomic mass is 9.85. The quantitative estimate of drug-likeness (QED) is 0.502. The van der Waals surface area contributed by atoms with Crippen LogP contribution in [0.1, 0.15) is 5.56 Å². The van der Waals surface area contributed by atoms with Gasteiger partial charge in [-0.25, -0.2) is 0 Å². The lowest BCUT2D eigenvalue weighted by molar-refractivity contribution is -0.150. The molecule has 0 saturated heterocycles. The van der Waals surface area contributed by atoms with Gasteiger partial charge in [-0.15, -0.1) is 6.58 Å². The Bertz CT molecular complexity index is 650. The highest BCUT2D eigenvalue weighted by atomic mass is 32.2. The Hall–Kier alpha value is -2.19. The van der Waals surface area contributed by atoms with Gasteiger partial charge in [-0.2, -0.15) is 8.42 Å². The molecule has 0 amide bonds. The van der Waals surface area contributed by atoms with Crippen molar-refractivity contribution < 1.29 is 32.8 Å². The van der Waals surface area contributed by atoms with Gasteiger partial charge in [0.25, 0.3) is 10.1 Å². The Morgan fingerprint density at radius 1 is 1.24 bits per heavy atom. The maximum atomic E-state index is 11.7. The molecule has 0 spiro atoms. The van der Waals surface area contributed by atoms with Gasteiger partial charge < -0.3 is 10.2 Å². The van der Waals surface area contributed by atoms with E-state index in [0.29, 0.717) is 6.08 Å². The molecule has 7 nitrogen and oxygen atoms in total. The van der Waals surface area contributed by atoms with Crippen LogP contribution in [-0.4, -0.2) is 39.9 Å². The molecule has 1 aromatic carbocycles. The average Bonchev–Trinajstić information content (AvgIpc) is 2.37. The van der Waals surface area contributed by atoms with E-state index in [9.17, 15) is 27.7 Å². The van der Waals surface area contributed by atoms with E-state index in [-0.39, 0.29) is 5.56 Å². The molecule has 8 heteroatoms. The fourth-order valence-electron chi connectivity index (χ4n) is 2.07. The normalized spacial score (nSPS) is 15.7. The van der Waals surface area contributed by atoms with Crippen molar-refractivity contribution in [2.24, 2.45) is 5.92 Å². The topological polar surface area (TPSA) is 129 Å². The van der Waals surface area contributed by atoms with Crippen molar-refractivity contribution in [1.82, 2.24) is 0 Å². The fraction of sp³-hybridized carbons (Fsp3) is 0.231. The summed E-state index contributed by atoms with van der Waals surface area (Å²) in [5.41, 5.74) is 0.255. The van der Waals surface area contributed by atoms with Crippen molar-refractivity contribution >= 4 is 22.1 Å². The summed E-state index contributed by atoms with van der Waals surface area (Å²) in [5.74, 6) is -5.67. The second kappa shape index (κ2) is 6.06. The molecule has 2 unspecified atom stereocenters. The summed E-state index contributed by atoms with van der Waals surface area (Å²) in [6.45, 7) is 3.17. The van der Waals surface area contributed by atoms with Crippen LogP contribution in [-0.2, 0) is 26.1 Å². The van der Waals surface area contributed by atoms with Gasteiger partial charge in [0.2, 0.25) is 4.75 Å². The summed E-state index contributed by atoms with van der Waals surface area (Å²) in [4.78, 5) is 22.7. The molecule has 0 heterocycles. The van der Waals surface area contributed by atoms with Gasteiger partial charge in [-0.3, -0.25) is 14.1 Å². The first kappa shape index (κ1) is 16.9. The predicted molar refractivity (Wildman–Crippen MR) is 73.4 cm³/mol. The van der Waals surface area contributed by atoms with E-state index < -0.39 is 39.1 Å². The van der Waals surface area contributed by atoms with Gasteiger partial charge in [0, 0.05) is 6.42 Å². The van der Waals surface area contributed by atoms with Crippen LogP contribution in [0.2, 0.25) is 0 Å². The third-order valence-corrected chi connectivity index (χ3v) is 4.63. The Balaban J connectivity index is 3.57. The SMILES string of the molecule is C=CC(C(=O)O)C(Cc1ccccc1)(C(=O)O)S(=O)(=O)O. The van der Waals surface area contributed by atoms with Gasteiger partial charge in [-0.1, -0.05) is 36.4 Å². The Morgan fingerprint density at radius 2 is 1.76 bits per heavy atom. The zero-order valence-electron chi connectivity index (χ0n) is 10.8. The molecule has 0 aliphatic carbocycles. The van der Waals surface area contributed by atoms with Gasteiger partial charge in [-0.05, 0) is 5.56 Å². The highest BCUT2D eigenvalue weighted by molar-refractivity contribution is 7.88. The summed E-state index contributed by atoms with van der Waals surface area (Å²) in [6.07, 6.45) is -0.0157. The maximum Gasteiger partial charge on any atom is 0.329 e. The van der Waals surface area contributed by atoms with Crippen LogP contribution in [0, 0.1) is 5.92 Å². The number of carbonyl (C=O) groups is 2. The molecular weight excluding hydrogens is 300 g/mol. The van der Waals surface area contributed by atoms with Crippen molar-refractivity contribution in [2.75, 3.05) is 0 Å². The summed E-state index contributed by atoms with van der Waals surface area (Å²) in [6, 6.07) is 7.57. The zero-order valence-corrected chi connectivity index (χ0v) is 11.7. The standard InChI is InChI=1S/C13H14O7S/c1-2-10(11(14)15)13(12(16)17,21(18,19)20)8-9-6-4-3-5-7-9/h2-7,10H,1,8H2,(H,14,15)(H,16,17)(H,18,19,20). The van der Waals surface area contributed by atoms with E-state index in [1.807, 2.05) is 0 Å². The molecule has 0 radical (unpaired) electrons. The lowest BCUT2D eigenvalue weighted by Crippen LogP contribution is -2.56. The van der Waals surface area contributed by atoms with E-state index in [0.717, 1.165) is 0 Å². The Kier molecular flexibility index (Phi) is 4.87. The Morgan fingerprint density at radius 3 is 2.10 bits per heavy atom. The molecule has 3 N–H and O–H groups in total. The van der Waals surface area contributed by atoms with Gasteiger partial charge >= 0.3 is 11.9 Å². The van der Waals surface area contributed by atoms with E-state index in [1.165, 1.54) is 24.3 Å². The predicted octanol–water partition coefficient (Wildman–Crippen LogP) is 0.827. The molecule has 1 aromatic rings. The molecule has 0 fully saturated rings. The van der Waals surface area contributed by atoms with Crippen molar-refractivity contribution in [3.05, 3.63) is 48.6 Å². The monoisotopic (exact) mass is 314 g/mol. The third-order valence-electron chi connectivity index (χ3n) is 3.14. The summed E-state index contributed by atoms with van der Waals surface area (Å²) < 4.78 is 29.8. The minimum atomic E-state index is -5.23. The minimum absolute atomic E-state index is 0.255. The number of aliphatic carboxylic acids is 2. The Labute approximate surface area is 121 Å². The summed E-state index contributed by atoms with van der Waals surface area (Å²) in [7, 11) is -5.23. The van der Waals surface area contributed by atoms with Gasteiger partial charge in [0.05, 0.1) is 0 Å². The molecule has 1 rings (SSSR count). The molecule has 114 valence electrons. The second-order valence-electron chi connectivity index (χ2n) is 4.38. The molecular formula is C13H14O7S. The summed E-state index contributed by atoms with van der Waals surface area (Å²) in [5, 5.41) is 18.4. The largest absolute Gasteiger partial charge is 0.481 e. The van der Waals surface area contributed by atoms with Crippen LogP contribution < -0.4 is 0 Å². The first-order valence-electron chi connectivity index (χ1n) is 5.76. The number of hydrogen-bond acceptors (Lipinski definition) is 4. The number of benzene rings is 1. The highest BCUT2D eigenvalue weighted by Crippen LogP contribution is 2.32. The van der Waals surface area contributed by atoms with E-state index in [1.54, 1.807) is 6.07 Å². The number of rotatable bonds is 7. The maximum absolute atomic E-state index is 11.7. The minimum Gasteiger partial charge on any atom is -0.481 e. The number of hydrogen-bond donors (Lipinski definition) is 3. The van der Waals surface area contributed by atoms with Gasteiger partial charge in [0.15, 0.2) is 0 Å². The van der Waals surface area contributed by atoms with Crippen molar-refractivity contribution in [2.45, 2.75) is 11.2 Å². The molecule has 0 saturated carbocycles. The molecule has 0 bridgehead atoms. The van der Waals surface area contributed by atoms with E-state index >= 15 is 0 Å². The van der Waals surface area contributed by atoms with Crippen LogP contribution >= 0.6 is 0 Å². The number of carboxylic acid groups (broad SMARTS) is 2. The van der Waals surface area contributed by atoms with Crippen LogP contribution in [0.5, 0.6) is 0 Å². The van der Waals surface area contributed by atoms with E-state index in [4.69, 9.17) is 5.11 Å². The van der Waals surface area contributed by atoms with Crippen molar-refractivity contribution in [3.63, 3.8) is 0 Å². The summed E-state index contributed by atoms with van der Waals surface area (Å²) >= 11 is 0. The van der Waals surface area contributed by atoms with Crippen molar-refractivity contribution in [1.29, 1.82) is 0 Å². The fourth-order valence-corrected chi connectivity index (χ4v) is 3.16. The van der Waals surface area contributed by atoms with Crippen LogP contribution in [0.15, 0.2) is 43.0 Å². The number of carboxylic acids is 2. The average molecular weight is 314 g/mol. The second-order valence-corrected chi connectivity index (χ2v) is 6.06.